The van der Waals surface area contributed by atoms with Gasteiger partial charge in [0.2, 0.25) is 0 Å². The Morgan fingerprint density at radius 1 is 1.17 bits per heavy atom. The van der Waals surface area contributed by atoms with Crippen molar-refractivity contribution in [3.8, 4) is 16.8 Å². The smallest absolute Gasteiger partial charge is 0.307 e. The lowest BCUT2D eigenvalue weighted by atomic mass is 10.1. The first kappa shape index (κ1) is 15.2. The van der Waals surface area contributed by atoms with Gasteiger partial charge in [-0.3, -0.25) is 4.79 Å². The predicted molar refractivity (Wildman–Crippen MR) is 85.3 cm³/mol. The van der Waals surface area contributed by atoms with Gasteiger partial charge in [0.1, 0.15) is 11.0 Å². The van der Waals surface area contributed by atoms with E-state index in [4.69, 9.17) is 16.7 Å². The summed E-state index contributed by atoms with van der Waals surface area (Å²) in [5.74, 6) is -1.26. The molecule has 0 fully saturated rings. The lowest BCUT2D eigenvalue weighted by Gasteiger charge is -2.06. The largest absolute Gasteiger partial charge is 0.481 e. The van der Waals surface area contributed by atoms with Gasteiger partial charge >= 0.3 is 5.97 Å². The number of carboxylic acid groups (broad SMARTS) is 1. The molecule has 23 heavy (non-hydrogen) atoms. The van der Waals surface area contributed by atoms with Crippen LogP contribution in [0.4, 0.5) is 4.39 Å². The summed E-state index contributed by atoms with van der Waals surface area (Å²) >= 11 is 6.17. The standard InChI is InChI=1S/C17H12ClFN2O2/c18-17-13(9-16(22)23)10-20-21(17)15-6-4-11(5-7-15)12-2-1-3-14(19)8-12/h1-8,10H,9H2,(H,22,23). The third-order valence-corrected chi connectivity index (χ3v) is 3.79. The van der Waals surface area contributed by atoms with Crippen LogP contribution in [0.2, 0.25) is 5.15 Å². The van der Waals surface area contributed by atoms with Gasteiger partial charge in [0.25, 0.3) is 0 Å². The fourth-order valence-electron chi connectivity index (χ4n) is 2.29. The molecule has 4 nitrogen and oxygen atoms in total. The SMILES string of the molecule is O=C(O)Cc1cnn(-c2ccc(-c3cccc(F)c3)cc2)c1Cl. The van der Waals surface area contributed by atoms with Crippen molar-refractivity contribution in [2.75, 3.05) is 0 Å². The number of halogens is 2. The summed E-state index contributed by atoms with van der Waals surface area (Å²) in [7, 11) is 0. The van der Waals surface area contributed by atoms with Crippen LogP contribution in [-0.2, 0) is 11.2 Å². The zero-order chi connectivity index (χ0) is 16.4. The van der Waals surface area contributed by atoms with Gasteiger partial charge in [-0.1, -0.05) is 35.9 Å². The van der Waals surface area contributed by atoms with Gasteiger partial charge < -0.3 is 5.11 Å². The first-order valence-corrected chi connectivity index (χ1v) is 7.23. The molecule has 0 aliphatic carbocycles. The molecule has 6 heteroatoms. The molecule has 1 heterocycles. The molecule has 0 radical (unpaired) electrons. The van der Waals surface area contributed by atoms with E-state index >= 15 is 0 Å². The van der Waals surface area contributed by atoms with Crippen LogP contribution in [0.3, 0.4) is 0 Å². The first-order chi connectivity index (χ1) is 11.0. The second-order valence-corrected chi connectivity index (χ2v) is 5.36. The molecule has 0 bridgehead atoms. The molecule has 0 saturated carbocycles. The van der Waals surface area contributed by atoms with Crippen LogP contribution in [0.25, 0.3) is 16.8 Å². The molecule has 1 N–H and O–H groups in total. The van der Waals surface area contributed by atoms with Crippen LogP contribution < -0.4 is 0 Å². The van der Waals surface area contributed by atoms with E-state index in [2.05, 4.69) is 5.10 Å². The molecule has 0 aliphatic rings. The van der Waals surface area contributed by atoms with E-state index in [0.717, 1.165) is 11.1 Å². The van der Waals surface area contributed by atoms with Crippen LogP contribution in [0.15, 0.2) is 54.7 Å². The van der Waals surface area contributed by atoms with Crippen LogP contribution in [0.1, 0.15) is 5.56 Å². The number of benzene rings is 2. The van der Waals surface area contributed by atoms with Crippen LogP contribution in [-0.4, -0.2) is 20.9 Å². The Labute approximate surface area is 136 Å². The number of hydrogen-bond donors (Lipinski definition) is 1. The third kappa shape index (κ3) is 3.24. The number of carboxylic acids is 1. The highest BCUT2D eigenvalue weighted by molar-refractivity contribution is 6.30. The maximum Gasteiger partial charge on any atom is 0.307 e. The van der Waals surface area contributed by atoms with Gasteiger partial charge in [0.05, 0.1) is 18.3 Å². The van der Waals surface area contributed by atoms with Gasteiger partial charge in [-0.2, -0.15) is 5.10 Å². The maximum absolute atomic E-state index is 13.3. The summed E-state index contributed by atoms with van der Waals surface area (Å²) in [5, 5.41) is 13.2. The average molecular weight is 331 g/mol. The number of hydrogen-bond acceptors (Lipinski definition) is 2. The van der Waals surface area contributed by atoms with Crippen LogP contribution in [0, 0.1) is 5.82 Å². The Morgan fingerprint density at radius 3 is 2.57 bits per heavy atom. The van der Waals surface area contributed by atoms with E-state index in [0.29, 0.717) is 11.3 Å². The molecule has 0 unspecified atom stereocenters. The summed E-state index contributed by atoms with van der Waals surface area (Å²) in [6.45, 7) is 0. The summed E-state index contributed by atoms with van der Waals surface area (Å²) in [6, 6.07) is 13.6. The van der Waals surface area contributed by atoms with Crippen molar-refractivity contribution in [3.05, 3.63) is 71.3 Å². The van der Waals surface area contributed by atoms with Crippen molar-refractivity contribution in [2.45, 2.75) is 6.42 Å². The monoisotopic (exact) mass is 330 g/mol. The van der Waals surface area contributed by atoms with E-state index < -0.39 is 5.97 Å². The van der Waals surface area contributed by atoms with E-state index in [1.54, 1.807) is 18.2 Å². The van der Waals surface area contributed by atoms with Gasteiger partial charge in [-0.15, -0.1) is 0 Å². The lowest BCUT2D eigenvalue weighted by Crippen LogP contribution is -2.00. The van der Waals surface area contributed by atoms with Crippen LogP contribution in [0.5, 0.6) is 0 Å². The number of aliphatic carboxylic acids is 1. The second kappa shape index (κ2) is 6.22. The minimum Gasteiger partial charge on any atom is -0.481 e. The lowest BCUT2D eigenvalue weighted by molar-refractivity contribution is -0.136. The Kier molecular flexibility index (Phi) is 4.12. The van der Waals surface area contributed by atoms with Crippen molar-refractivity contribution in [2.24, 2.45) is 0 Å². The Balaban J connectivity index is 1.91. The van der Waals surface area contributed by atoms with Crippen LogP contribution >= 0.6 is 11.6 Å². The highest BCUT2D eigenvalue weighted by Crippen LogP contribution is 2.24. The summed E-state index contributed by atoms with van der Waals surface area (Å²) in [5.41, 5.74) is 2.79. The minimum absolute atomic E-state index is 0.180. The average Bonchev–Trinajstić information content (AvgIpc) is 2.88. The predicted octanol–water partition coefficient (Wildman–Crippen LogP) is 3.96. The third-order valence-electron chi connectivity index (χ3n) is 3.39. The fraction of sp³-hybridized carbons (Fsp3) is 0.0588. The molecule has 3 aromatic rings. The molecule has 0 spiro atoms. The van der Waals surface area contributed by atoms with Crippen molar-refractivity contribution < 1.29 is 14.3 Å². The van der Waals surface area contributed by atoms with Gasteiger partial charge in [0.15, 0.2) is 0 Å². The number of nitrogens with zero attached hydrogens (tertiary/aromatic N) is 2. The van der Waals surface area contributed by atoms with Gasteiger partial charge in [-0.05, 0) is 35.4 Å². The fourth-order valence-corrected chi connectivity index (χ4v) is 2.55. The summed E-state index contributed by atoms with van der Waals surface area (Å²) < 4.78 is 14.7. The van der Waals surface area contributed by atoms with Gasteiger partial charge in [-0.25, -0.2) is 9.07 Å². The molecular weight excluding hydrogens is 319 g/mol. The first-order valence-electron chi connectivity index (χ1n) is 6.85. The molecular formula is C17H12ClFN2O2. The van der Waals surface area contributed by atoms with E-state index in [9.17, 15) is 9.18 Å². The minimum atomic E-state index is -0.965. The van der Waals surface area contributed by atoms with E-state index in [1.165, 1.54) is 23.0 Å². The Bertz CT molecular complexity index is 859. The molecule has 3 rings (SSSR count). The quantitative estimate of drug-likeness (QED) is 0.787. The topological polar surface area (TPSA) is 55.1 Å². The Hall–Kier alpha value is -2.66. The highest BCUT2D eigenvalue weighted by Gasteiger charge is 2.13. The Morgan fingerprint density at radius 2 is 1.91 bits per heavy atom. The molecule has 0 amide bonds. The molecule has 116 valence electrons. The molecule has 0 saturated heterocycles. The van der Waals surface area contributed by atoms with E-state index in [1.807, 2.05) is 18.2 Å². The zero-order valence-corrected chi connectivity index (χ0v) is 12.7. The molecule has 1 aromatic heterocycles. The van der Waals surface area contributed by atoms with Crippen molar-refractivity contribution in [1.29, 1.82) is 0 Å². The number of aromatic nitrogens is 2. The molecule has 2 aromatic carbocycles. The number of carbonyl (C=O) groups is 1. The van der Waals surface area contributed by atoms with E-state index in [-0.39, 0.29) is 17.4 Å². The van der Waals surface area contributed by atoms with Crippen molar-refractivity contribution in [3.63, 3.8) is 0 Å². The summed E-state index contributed by atoms with van der Waals surface area (Å²) in [6.07, 6.45) is 1.26. The zero-order valence-electron chi connectivity index (χ0n) is 11.9. The van der Waals surface area contributed by atoms with Crippen molar-refractivity contribution in [1.82, 2.24) is 9.78 Å². The maximum atomic E-state index is 13.3. The molecule has 0 atom stereocenters. The van der Waals surface area contributed by atoms with Crippen molar-refractivity contribution >= 4 is 17.6 Å². The molecule has 0 aliphatic heterocycles. The highest BCUT2D eigenvalue weighted by atomic mass is 35.5. The normalized spacial score (nSPS) is 10.7. The van der Waals surface area contributed by atoms with Gasteiger partial charge in [0, 0.05) is 5.56 Å². The number of rotatable bonds is 4. The summed E-state index contributed by atoms with van der Waals surface area (Å²) in [4.78, 5) is 10.8. The second-order valence-electron chi connectivity index (χ2n) is 5.00.